The van der Waals surface area contributed by atoms with Crippen LogP contribution in [0.5, 0.6) is 0 Å². The van der Waals surface area contributed by atoms with E-state index in [0.717, 1.165) is 0 Å². The monoisotopic (exact) mass is 268 g/mol. The van der Waals surface area contributed by atoms with Crippen LogP contribution in [0.2, 0.25) is 0 Å². The minimum atomic E-state index is -4.40. The van der Waals surface area contributed by atoms with Gasteiger partial charge in [-0.3, -0.25) is 0 Å². The van der Waals surface area contributed by atoms with E-state index in [1.807, 2.05) is 0 Å². The SMILES string of the molecule is O=S(=O)([O-])c1ccc2[nH]c(=S)[nH]c2c1.[K+]. The Balaban J connectivity index is 0.00000112. The number of H-pyrrole nitrogens is 2. The molecule has 5 nitrogen and oxygen atoms in total. The van der Waals surface area contributed by atoms with Crippen molar-refractivity contribution in [2.45, 2.75) is 4.90 Å². The zero-order valence-corrected chi connectivity index (χ0v) is 12.5. The molecule has 2 rings (SSSR count). The Kier molecular flexibility index (Phi) is 4.29. The first-order valence-electron chi connectivity index (χ1n) is 3.65. The van der Waals surface area contributed by atoms with Crippen molar-refractivity contribution in [3.8, 4) is 0 Å². The molecule has 1 heterocycles. The second-order valence-corrected chi connectivity index (χ2v) is 4.53. The number of aromatic amines is 2. The fraction of sp³-hybridized carbons (Fsp3) is 0. The fourth-order valence-corrected chi connectivity index (χ4v) is 1.88. The Morgan fingerprint density at radius 3 is 2.40 bits per heavy atom. The molecule has 0 bridgehead atoms. The van der Waals surface area contributed by atoms with Gasteiger partial charge in [0.1, 0.15) is 10.1 Å². The van der Waals surface area contributed by atoms with Gasteiger partial charge < -0.3 is 14.5 Å². The zero-order chi connectivity index (χ0) is 10.3. The van der Waals surface area contributed by atoms with Crippen LogP contribution in [0, 0.1) is 4.77 Å². The standard InChI is InChI=1S/C7H6N2O3S2.K/c10-14(11,12)4-1-2-5-6(3-4)9-7(13)8-5;/h1-3H,(H2,8,9,13)(H,10,11,12);/q;+1/p-1. The normalized spacial score (nSPS) is 11.3. The maximum atomic E-state index is 10.7. The summed E-state index contributed by atoms with van der Waals surface area (Å²) >= 11 is 4.81. The molecular formula is C7H5KN2O3S2. The molecule has 15 heavy (non-hydrogen) atoms. The Morgan fingerprint density at radius 1 is 1.20 bits per heavy atom. The summed E-state index contributed by atoms with van der Waals surface area (Å²) in [4.78, 5) is 5.26. The van der Waals surface area contributed by atoms with Crippen molar-refractivity contribution in [3.63, 3.8) is 0 Å². The van der Waals surface area contributed by atoms with Gasteiger partial charge in [-0.1, -0.05) is 0 Å². The van der Waals surface area contributed by atoms with E-state index >= 15 is 0 Å². The molecule has 1 aromatic heterocycles. The van der Waals surface area contributed by atoms with Gasteiger partial charge in [0.25, 0.3) is 0 Å². The summed E-state index contributed by atoms with van der Waals surface area (Å²) in [5.41, 5.74) is 1.18. The summed E-state index contributed by atoms with van der Waals surface area (Å²) in [6.07, 6.45) is 0. The second-order valence-electron chi connectivity index (χ2n) is 2.74. The minimum absolute atomic E-state index is 0. The molecule has 0 saturated heterocycles. The molecule has 0 saturated carbocycles. The molecule has 0 radical (unpaired) electrons. The molecular weight excluding hydrogens is 263 g/mol. The molecule has 0 aliphatic heterocycles. The van der Waals surface area contributed by atoms with Crippen molar-refractivity contribution in [2.24, 2.45) is 0 Å². The molecule has 0 spiro atoms. The number of aromatic nitrogens is 2. The van der Waals surface area contributed by atoms with Gasteiger partial charge in [0.2, 0.25) is 0 Å². The predicted octanol–water partition coefficient (Wildman–Crippen LogP) is -1.87. The van der Waals surface area contributed by atoms with E-state index in [9.17, 15) is 13.0 Å². The quantitative estimate of drug-likeness (QED) is 0.360. The van der Waals surface area contributed by atoms with Crippen LogP contribution >= 0.6 is 12.2 Å². The van der Waals surface area contributed by atoms with Gasteiger partial charge in [-0.2, -0.15) is 0 Å². The van der Waals surface area contributed by atoms with Crippen LogP contribution in [-0.2, 0) is 10.1 Å². The third kappa shape index (κ3) is 2.98. The van der Waals surface area contributed by atoms with Crippen LogP contribution in [-0.4, -0.2) is 22.9 Å². The van der Waals surface area contributed by atoms with Gasteiger partial charge in [0, 0.05) is 0 Å². The van der Waals surface area contributed by atoms with Gasteiger partial charge in [0.15, 0.2) is 4.77 Å². The van der Waals surface area contributed by atoms with E-state index in [0.29, 0.717) is 15.8 Å². The van der Waals surface area contributed by atoms with Gasteiger partial charge in [-0.05, 0) is 30.4 Å². The van der Waals surface area contributed by atoms with E-state index in [1.54, 1.807) is 0 Å². The summed E-state index contributed by atoms with van der Waals surface area (Å²) in [6.45, 7) is 0. The van der Waals surface area contributed by atoms with Crippen molar-refractivity contribution in [2.75, 3.05) is 0 Å². The van der Waals surface area contributed by atoms with Crippen molar-refractivity contribution >= 4 is 33.4 Å². The first kappa shape index (κ1) is 13.5. The van der Waals surface area contributed by atoms with Crippen molar-refractivity contribution in [1.29, 1.82) is 0 Å². The smallest absolute Gasteiger partial charge is 0.744 e. The summed E-state index contributed by atoms with van der Waals surface area (Å²) < 4.78 is 32.4. The first-order chi connectivity index (χ1) is 6.47. The largest absolute Gasteiger partial charge is 1.00 e. The molecule has 1 aromatic carbocycles. The summed E-state index contributed by atoms with van der Waals surface area (Å²) in [5, 5.41) is 0. The van der Waals surface area contributed by atoms with Crippen LogP contribution in [0.1, 0.15) is 0 Å². The van der Waals surface area contributed by atoms with E-state index in [2.05, 4.69) is 9.97 Å². The maximum absolute atomic E-state index is 10.7. The van der Waals surface area contributed by atoms with Crippen molar-refractivity contribution < 1.29 is 64.4 Å². The number of nitrogens with one attached hydrogen (secondary N) is 2. The molecule has 0 aliphatic rings. The number of benzene rings is 1. The number of fused-ring (bicyclic) bond motifs is 1. The first-order valence-corrected chi connectivity index (χ1v) is 5.46. The van der Waals surface area contributed by atoms with Crippen molar-refractivity contribution in [1.82, 2.24) is 9.97 Å². The maximum Gasteiger partial charge on any atom is 1.00 e. The average molecular weight is 268 g/mol. The van der Waals surface area contributed by atoms with Crippen LogP contribution in [0.15, 0.2) is 23.1 Å². The number of imidazole rings is 1. The molecule has 2 N–H and O–H groups in total. The number of hydrogen-bond donors (Lipinski definition) is 2. The third-order valence-corrected chi connectivity index (χ3v) is 2.81. The Bertz CT molecular complexity index is 644. The molecule has 0 aliphatic carbocycles. The zero-order valence-electron chi connectivity index (χ0n) is 7.77. The van der Waals surface area contributed by atoms with Gasteiger partial charge in [-0.25, -0.2) is 8.42 Å². The molecule has 2 aromatic rings. The molecule has 0 atom stereocenters. The van der Waals surface area contributed by atoms with Gasteiger partial charge in [-0.15, -0.1) is 0 Å². The van der Waals surface area contributed by atoms with Crippen LogP contribution in [0.25, 0.3) is 11.0 Å². The number of hydrogen-bond acceptors (Lipinski definition) is 4. The average Bonchev–Trinajstić information content (AvgIpc) is 2.41. The topological polar surface area (TPSA) is 88.8 Å². The van der Waals surface area contributed by atoms with Gasteiger partial charge >= 0.3 is 51.4 Å². The number of rotatable bonds is 1. The molecule has 8 heteroatoms. The second kappa shape index (κ2) is 4.76. The van der Waals surface area contributed by atoms with E-state index < -0.39 is 10.1 Å². The summed E-state index contributed by atoms with van der Waals surface area (Å²) in [7, 11) is -4.40. The van der Waals surface area contributed by atoms with E-state index in [-0.39, 0.29) is 56.3 Å². The predicted molar refractivity (Wildman–Crippen MR) is 51.4 cm³/mol. The van der Waals surface area contributed by atoms with Crippen LogP contribution in [0.4, 0.5) is 0 Å². The van der Waals surface area contributed by atoms with Crippen LogP contribution in [0.3, 0.4) is 0 Å². The fourth-order valence-electron chi connectivity index (χ4n) is 1.17. The molecule has 0 amide bonds. The molecule has 0 fully saturated rings. The van der Waals surface area contributed by atoms with E-state index in [4.69, 9.17) is 12.2 Å². The Morgan fingerprint density at radius 2 is 1.80 bits per heavy atom. The Labute approximate surface area is 133 Å². The molecule has 74 valence electrons. The molecule has 0 unspecified atom stereocenters. The Hall–Kier alpha value is 0.456. The summed E-state index contributed by atoms with van der Waals surface area (Å²) in [6, 6.07) is 3.99. The van der Waals surface area contributed by atoms with Gasteiger partial charge in [0.05, 0.1) is 15.9 Å². The third-order valence-electron chi connectivity index (χ3n) is 1.78. The van der Waals surface area contributed by atoms with Crippen LogP contribution < -0.4 is 51.4 Å². The minimum Gasteiger partial charge on any atom is -0.744 e. The van der Waals surface area contributed by atoms with Crippen molar-refractivity contribution in [3.05, 3.63) is 23.0 Å². The summed E-state index contributed by atoms with van der Waals surface area (Å²) in [5.74, 6) is 0. The van der Waals surface area contributed by atoms with E-state index in [1.165, 1.54) is 18.2 Å².